The van der Waals surface area contributed by atoms with Crippen LogP contribution in [0, 0.1) is 5.92 Å². The van der Waals surface area contributed by atoms with E-state index in [1.807, 2.05) is 32.0 Å². The van der Waals surface area contributed by atoms with Crippen LogP contribution in [0.5, 0.6) is 5.75 Å². The maximum Gasteiger partial charge on any atom is 0.309 e. The first-order chi connectivity index (χ1) is 16.5. The Morgan fingerprint density at radius 1 is 1.24 bits per heavy atom. The quantitative estimate of drug-likeness (QED) is 0.496. The lowest BCUT2D eigenvalue weighted by Crippen LogP contribution is -2.19. The number of hydrogen-bond donors (Lipinski definition) is 1. The van der Waals surface area contributed by atoms with Crippen molar-refractivity contribution in [2.24, 2.45) is 13.0 Å². The second-order valence-electron chi connectivity index (χ2n) is 8.53. The summed E-state index contributed by atoms with van der Waals surface area (Å²) in [7, 11) is 1.77. The molecule has 4 rings (SSSR count). The van der Waals surface area contributed by atoms with Crippen LogP contribution in [0.2, 0.25) is 0 Å². The highest BCUT2D eigenvalue weighted by atomic mass is 16.5. The van der Waals surface area contributed by atoms with Crippen LogP contribution in [-0.4, -0.2) is 38.9 Å². The first-order valence-corrected chi connectivity index (χ1v) is 12.1. The van der Waals surface area contributed by atoms with Gasteiger partial charge in [0.1, 0.15) is 17.1 Å². The summed E-state index contributed by atoms with van der Waals surface area (Å²) in [4.78, 5) is 32.8. The van der Waals surface area contributed by atoms with Crippen LogP contribution < -0.4 is 10.3 Å². The maximum atomic E-state index is 13.0. The van der Waals surface area contributed by atoms with Gasteiger partial charge < -0.3 is 14.5 Å². The number of carbonyl (C=O) groups is 1. The molecule has 2 heterocycles. The lowest BCUT2D eigenvalue weighted by Gasteiger charge is -2.21. The summed E-state index contributed by atoms with van der Waals surface area (Å²) < 4.78 is 12.7. The minimum Gasteiger partial charge on any atom is -0.493 e. The van der Waals surface area contributed by atoms with Gasteiger partial charge in [-0.25, -0.2) is 4.98 Å². The molecule has 1 atom stereocenters. The second kappa shape index (κ2) is 10.2. The van der Waals surface area contributed by atoms with E-state index in [9.17, 15) is 9.59 Å². The van der Waals surface area contributed by atoms with Crippen LogP contribution in [0.15, 0.2) is 29.1 Å². The molecule has 1 aliphatic rings. The van der Waals surface area contributed by atoms with Crippen LogP contribution in [0.1, 0.15) is 57.7 Å². The van der Waals surface area contributed by atoms with Gasteiger partial charge >= 0.3 is 5.97 Å². The first kappa shape index (κ1) is 23.7. The molecule has 1 unspecified atom stereocenters. The third-order valence-electron chi connectivity index (χ3n) is 6.19. The van der Waals surface area contributed by atoms with Gasteiger partial charge in [-0.15, -0.1) is 0 Å². The molecule has 1 N–H and O–H groups in total. The monoisotopic (exact) mass is 464 g/mol. The Balaban J connectivity index is 1.76. The molecule has 0 spiro atoms. The number of H-pyrrole nitrogens is 1. The average molecular weight is 465 g/mol. The third-order valence-corrected chi connectivity index (χ3v) is 6.19. The Bertz CT molecular complexity index is 1290. The summed E-state index contributed by atoms with van der Waals surface area (Å²) in [5, 5.41) is 4.52. The lowest BCUT2D eigenvalue weighted by molar-refractivity contribution is -0.148. The lowest BCUT2D eigenvalue weighted by atomic mass is 9.86. The summed E-state index contributed by atoms with van der Waals surface area (Å²) in [6, 6.07) is 5.96. The van der Waals surface area contributed by atoms with E-state index in [4.69, 9.17) is 14.5 Å². The minimum absolute atomic E-state index is 0.0890. The van der Waals surface area contributed by atoms with Gasteiger partial charge in [0.2, 0.25) is 0 Å². The summed E-state index contributed by atoms with van der Waals surface area (Å²) in [5.74, 6) is 0.915. The highest BCUT2D eigenvalue weighted by Crippen LogP contribution is 2.36. The molecule has 2 aromatic heterocycles. The van der Waals surface area contributed by atoms with Crippen molar-refractivity contribution in [2.75, 3.05) is 13.2 Å². The van der Waals surface area contributed by atoms with Crippen molar-refractivity contribution in [1.29, 1.82) is 0 Å². The van der Waals surface area contributed by atoms with E-state index in [1.54, 1.807) is 11.7 Å². The highest BCUT2D eigenvalue weighted by molar-refractivity contribution is 5.81. The topological polar surface area (TPSA) is 99.1 Å². The van der Waals surface area contributed by atoms with Crippen molar-refractivity contribution >= 4 is 22.6 Å². The number of hydrogen-bond acceptors (Lipinski definition) is 6. The largest absolute Gasteiger partial charge is 0.493 e. The molecule has 1 aromatic carbocycles. The van der Waals surface area contributed by atoms with E-state index >= 15 is 0 Å². The van der Waals surface area contributed by atoms with Gasteiger partial charge in [0, 0.05) is 7.05 Å². The van der Waals surface area contributed by atoms with Gasteiger partial charge in [-0.1, -0.05) is 25.5 Å². The number of ether oxygens (including phenoxy) is 2. The molecule has 0 saturated heterocycles. The second-order valence-corrected chi connectivity index (χ2v) is 8.53. The van der Waals surface area contributed by atoms with Crippen molar-refractivity contribution < 1.29 is 14.3 Å². The third kappa shape index (κ3) is 4.62. The van der Waals surface area contributed by atoms with Crippen molar-refractivity contribution in [3.05, 3.63) is 45.9 Å². The zero-order chi connectivity index (χ0) is 24.2. The SMILES string of the molecule is CCCc1nn(C)c2c(=O)[nH]c(-c3cc(C4=CCC(C(=O)OCC)CC4)ccc3OCC)nc12. The Labute approximate surface area is 199 Å². The van der Waals surface area contributed by atoms with Crippen molar-refractivity contribution in [3.63, 3.8) is 0 Å². The van der Waals surface area contributed by atoms with E-state index in [-0.39, 0.29) is 17.4 Å². The zero-order valence-corrected chi connectivity index (χ0v) is 20.3. The van der Waals surface area contributed by atoms with Gasteiger partial charge in [-0.05, 0) is 62.8 Å². The zero-order valence-electron chi connectivity index (χ0n) is 20.3. The molecule has 0 bridgehead atoms. The van der Waals surface area contributed by atoms with Gasteiger partial charge in [-0.3, -0.25) is 14.3 Å². The number of esters is 1. The predicted molar refractivity (Wildman–Crippen MR) is 132 cm³/mol. The molecule has 0 amide bonds. The first-order valence-electron chi connectivity index (χ1n) is 12.1. The smallest absolute Gasteiger partial charge is 0.309 e. The molecule has 34 heavy (non-hydrogen) atoms. The average Bonchev–Trinajstić information content (AvgIpc) is 3.15. The number of allylic oxidation sites excluding steroid dienone is 2. The molecule has 8 nitrogen and oxygen atoms in total. The van der Waals surface area contributed by atoms with Gasteiger partial charge in [0.05, 0.1) is 30.4 Å². The molecule has 3 aromatic rings. The standard InChI is InChI=1S/C26H32N4O4/c1-5-8-20-22-23(30(4)29-20)25(31)28-24(27-22)19-15-18(13-14-21(19)33-6-2)16-9-11-17(12-10-16)26(32)34-7-3/h9,13-15,17H,5-8,10-12H2,1-4H3,(H,27,28,31). The number of rotatable bonds is 8. The molecule has 0 aliphatic heterocycles. The number of aryl methyl sites for hydroxylation is 2. The van der Waals surface area contributed by atoms with Crippen LogP contribution in [0.3, 0.4) is 0 Å². The van der Waals surface area contributed by atoms with Gasteiger partial charge in [0.15, 0.2) is 5.52 Å². The number of nitrogens with one attached hydrogen (secondary N) is 1. The fraction of sp³-hybridized carbons (Fsp3) is 0.462. The van der Waals surface area contributed by atoms with E-state index < -0.39 is 0 Å². The Morgan fingerprint density at radius 2 is 2.06 bits per heavy atom. The minimum atomic E-state index is -0.223. The van der Waals surface area contributed by atoms with Crippen LogP contribution >= 0.6 is 0 Å². The Kier molecular flexibility index (Phi) is 7.14. The molecule has 0 saturated carbocycles. The normalized spacial score (nSPS) is 15.9. The molecule has 180 valence electrons. The predicted octanol–water partition coefficient (Wildman–Crippen LogP) is 4.42. The number of benzene rings is 1. The summed E-state index contributed by atoms with van der Waals surface area (Å²) in [5.41, 5.74) is 4.63. The number of carbonyl (C=O) groups excluding carboxylic acids is 1. The highest BCUT2D eigenvalue weighted by Gasteiger charge is 2.24. The van der Waals surface area contributed by atoms with Gasteiger partial charge in [-0.2, -0.15) is 5.10 Å². The number of nitrogens with zero attached hydrogens (tertiary/aromatic N) is 3. The Morgan fingerprint density at radius 3 is 2.74 bits per heavy atom. The van der Waals surface area contributed by atoms with Crippen molar-refractivity contribution in [1.82, 2.24) is 19.7 Å². The van der Waals surface area contributed by atoms with E-state index in [1.165, 1.54) is 5.57 Å². The number of fused-ring (bicyclic) bond motifs is 1. The summed E-state index contributed by atoms with van der Waals surface area (Å²) in [6.07, 6.45) is 5.97. The van der Waals surface area contributed by atoms with Gasteiger partial charge in [0.25, 0.3) is 5.56 Å². The molecule has 8 heteroatoms. The van der Waals surface area contributed by atoms with Crippen LogP contribution in [-0.2, 0) is 23.0 Å². The number of aromatic nitrogens is 4. The van der Waals surface area contributed by atoms with Crippen LogP contribution in [0.25, 0.3) is 28.0 Å². The Hall–Kier alpha value is -3.42. The molecular weight excluding hydrogens is 432 g/mol. The molecule has 1 aliphatic carbocycles. The maximum absolute atomic E-state index is 13.0. The van der Waals surface area contributed by atoms with Crippen molar-refractivity contribution in [3.8, 4) is 17.1 Å². The summed E-state index contributed by atoms with van der Waals surface area (Å²) >= 11 is 0. The van der Waals surface area contributed by atoms with Crippen molar-refractivity contribution in [2.45, 2.75) is 52.9 Å². The van der Waals surface area contributed by atoms with Crippen LogP contribution in [0.4, 0.5) is 0 Å². The fourth-order valence-corrected chi connectivity index (χ4v) is 4.55. The van der Waals surface area contributed by atoms with E-state index in [0.29, 0.717) is 42.2 Å². The summed E-state index contributed by atoms with van der Waals surface area (Å²) in [6.45, 7) is 6.74. The number of aromatic amines is 1. The molecule has 0 fully saturated rings. The fourth-order valence-electron chi connectivity index (χ4n) is 4.55. The van der Waals surface area contributed by atoms with E-state index in [2.05, 4.69) is 23.1 Å². The molecule has 0 radical (unpaired) electrons. The van der Waals surface area contributed by atoms with E-state index in [0.717, 1.165) is 42.5 Å². The molecular formula is C26H32N4O4.